The van der Waals surface area contributed by atoms with Crippen LogP contribution in [0.1, 0.15) is 23.9 Å². The van der Waals surface area contributed by atoms with Crippen molar-refractivity contribution in [1.82, 2.24) is 15.0 Å². The third kappa shape index (κ3) is 2.69. The van der Waals surface area contributed by atoms with E-state index in [1.54, 1.807) is 0 Å². The number of hydrogen-bond donors (Lipinski definition) is 0. The Morgan fingerprint density at radius 3 is 3.00 bits per heavy atom. The van der Waals surface area contributed by atoms with Crippen molar-refractivity contribution in [3.63, 3.8) is 0 Å². The fourth-order valence-electron chi connectivity index (χ4n) is 2.13. The van der Waals surface area contributed by atoms with Crippen molar-refractivity contribution in [3.05, 3.63) is 23.7 Å². The maximum absolute atomic E-state index is 5.69. The zero-order valence-corrected chi connectivity index (χ0v) is 11.1. The molecule has 0 amide bonds. The first-order chi connectivity index (χ1) is 9.22. The van der Waals surface area contributed by atoms with Crippen molar-refractivity contribution >= 4 is 0 Å². The summed E-state index contributed by atoms with van der Waals surface area (Å²) < 4.78 is 16.3. The smallest absolute Gasteiger partial charge is 0.293 e. The normalized spacial score (nSPS) is 19.4. The van der Waals surface area contributed by atoms with Crippen LogP contribution in [0.2, 0.25) is 0 Å². The van der Waals surface area contributed by atoms with Crippen molar-refractivity contribution in [2.75, 3.05) is 27.3 Å². The van der Waals surface area contributed by atoms with Gasteiger partial charge in [-0.2, -0.15) is 4.98 Å². The minimum atomic E-state index is 0.244. The van der Waals surface area contributed by atoms with Gasteiger partial charge in [-0.05, 0) is 32.6 Å². The van der Waals surface area contributed by atoms with Crippen LogP contribution in [0.15, 0.2) is 21.1 Å². The molecule has 1 fully saturated rings. The third-order valence-electron chi connectivity index (χ3n) is 3.08. The molecule has 6 heteroatoms. The second kappa shape index (κ2) is 5.14. The number of nitrogens with zero attached hydrogens (tertiary/aromatic N) is 3. The summed E-state index contributed by atoms with van der Waals surface area (Å²) in [5.74, 6) is 2.89. The van der Waals surface area contributed by atoms with E-state index in [0.717, 1.165) is 25.3 Å². The van der Waals surface area contributed by atoms with E-state index in [9.17, 15) is 0 Å². The number of rotatable bonds is 4. The Morgan fingerprint density at radius 2 is 2.26 bits per heavy atom. The van der Waals surface area contributed by atoms with Gasteiger partial charge in [0.25, 0.3) is 5.89 Å². The quantitative estimate of drug-likeness (QED) is 0.839. The molecule has 3 heterocycles. The Kier molecular flexibility index (Phi) is 3.35. The van der Waals surface area contributed by atoms with Crippen LogP contribution in [0.4, 0.5) is 0 Å². The molecular weight excluding hydrogens is 246 g/mol. The summed E-state index contributed by atoms with van der Waals surface area (Å²) in [6.45, 7) is 2.18. The molecule has 1 saturated heterocycles. The molecule has 102 valence electrons. The van der Waals surface area contributed by atoms with Gasteiger partial charge in [0.1, 0.15) is 5.76 Å². The molecule has 0 radical (unpaired) electrons. The van der Waals surface area contributed by atoms with Crippen LogP contribution in [0.3, 0.4) is 0 Å². The van der Waals surface area contributed by atoms with Crippen LogP contribution in [0, 0.1) is 0 Å². The van der Waals surface area contributed by atoms with Crippen LogP contribution < -0.4 is 0 Å². The molecule has 0 N–H and O–H groups in total. The highest BCUT2D eigenvalue weighted by Gasteiger charge is 2.24. The second-order valence-corrected chi connectivity index (χ2v) is 5.02. The highest BCUT2D eigenvalue weighted by Crippen LogP contribution is 2.26. The lowest BCUT2D eigenvalue weighted by atomic mass is 10.1. The third-order valence-corrected chi connectivity index (χ3v) is 3.08. The number of aromatic nitrogens is 2. The zero-order valence-electron chi connectivity index (χ0n) is 11.1. The van der Waals surface area contributed by atoms with Crippen LogP contribution in [0.5, 0.6) is 0 Å². The van der Waals surface area contributed by atoms with E-state index in [0.29, 0.717) is 24.1 Å². The van der Waals surface area contributed by atoms with Gasteiger partial charge >= 0.3 is 0 Å². The van der Waals surface area contributed by atoms with E-state index >= 15 is 0 Å². The Hall–Kier alpha value is -1.66. The maximum Gasteiger partial charge on any atom is 0.293 e. The van der Waals surface area contributed by atoms with Crippen LogP contribution >= 0.6 is 0 Å². The van der Waals surface area contributed by atoms with Gasteiger partial charge in [-0.3, -0.25) is 0 Å². The van der Waals surface area contributed by atoms with Crippen molar-refractivity contribution < 1.29 is 13.7 Å². The molecule has 1 aliphatic rings. The molecular formula is C13H17N3O3. The molecule has 0 bridgehead atoms. The molecule has 1 atom stereocenters. The second-order valence-electron chi connectivity index (χ2n) is 5.02. The lowest BCUT2D eigenvalue weighted by Gasteiger charge is -2.05. The summed E-state index contributed by atoms with van der Waals surface area (Å²) >= 11 is 0. The van der Waals surface area contributed by atoms with Gasteiger partial charge in [0, 0.05) is 12.5 Å². The monoisotopic (exact) mass is 263 g/mol. The molecule has 3 rings (SSSR count). The van der Waals surface area contributed by atoms with Crippen LogP contribution in [0.25, 0.3) is 11.7 Å². The fraction of sp³-hybridized carbons (Fsp3) is 0.538. The molecule has 0 unspecified atom stereocenters. The van der Waals surface area contributed by atoms with Crippen LogP contribution in [-0.4, -0.2) is 42.3 Å². The first-order valence-electron chi connectivity index (χ1n) is 6.37. The SMILES string of the molecule is CN(C)Cc1ccc(-c2nc([C@@H]3CCOC3)no2)o1. The Labute approximate surface area is 111 Å². The predicted octanol–water partition coefficient (Wildman–Crippen LogP) is 1.90. The number of hydrogen-bond acceptors (Lipinski definition) is 6. The van der Waals surface area contributed by atoms with Crippen molar-refractivity contribution in [3.8, 4) is 11.7 Å². The van der Waals surface area contributed by atoms with Gasteiger partial charge in [-0.15, -0.1) is 0 Å². The summed E-state index contributed by atoms with van der Waals surface area (Å²) in [6.07, 6.45) is 0.947. The topological polar surface area (TPSA) is 64.5 Å². The predicted molar refractivity (Wildman–Crippen MR) is 67.6 cm³/mol. The van der Waals surface area contributed by atoms with Crippen molar-refractivity contribution in [2.45, 2.75) is 18.9 Å². The van der Waals surface area contributed by atoms with Crippen molar-refractivity contribution in [1.29, 1.82) is 0 Å². The van der Waals surface area contributed by atoms with Gasteiger partial charge < -0.3 is 18.6 Å². The Morgan fingerprint density at radius 1 is 1.37 bits per heavy atom. The van der Waals surface area contributed by atoms with Gasteiger partial charge in [0.15, 0.2) is 11.6 Å². The fourth-order valence-corrected chi connectivity index (χ4v) is 2.13. The molecule has 0 saturated carbocycles. The highest BCUT2D eigenvalue weighted by molar-refractivity contribution is 5.44. The van der Waals surface area contributed by atoms with Gasteiger partial charge in [-0.25, -0.2) is 0 Å². The van der Waals surface area contributed by atoms with Gasteiger partial charge in [-0.1, -0.05) is 5.16 Å². The van der Waals surface area contributed by atoms with E-state index in [4.69, 9.17) is 13.7 Å². The molecule has 0 spiro atoms. The summed E-state index contributed by atoms with van der Waals surface area (Å²) in [6, 6.07) is 3.79. The summed E-state index contributed by atoms with van der Waals surface area (Å²) in [5.41, 5.74) is 0. The lowest BCUT2D eigenvalue weighted by Crippen LogP contribution is -2.09. The molecule has 6 nitrogen and oxygen atoms in total. The van der Waals surface area contributed by atoms with E-state index in [1.807, 2.05) is 31.1 Å². The Bertz CT molecular complexity index is 541. The standard InChI is InChI=1S/C13H17N3O3/c1-16(2)7-10-3-4-11(18-10)13-14-12(15-19-13)9-5-6-17-8-9/h3-4,9H,5-8H2,1-2H3/t9-/m1/s1. The molecule has 19 heavy (non-hydrogen) atoms. The zero-order chi connectivity index (χ0) is 13.2. The van der Waals surface area contributed by atoms with E-state index in [1.165, 1.54) is 0 Å². The summed E-state index contributed by atoms with van der Waals surface area (Å²) in [5, 5.41) is 4.01. The van der Waals surface area contributed by atoms with Crippen molar-refractivity contribution in [2.24, 2.45) is 0 Å². The molecule has 0 aromatic carbocycles. The largest absolute Gasteiger partial charge is 0.455 e. The average molecular weight is 263 g/mol. The average Bonchev–Trinajstić information content (AvgIpc) is 3.09. The lowest BCUT2D eigenvalue weighted by molar-refractivity contribution is 0.192. The first-order valence-corrected chi connectivity index (χ1v) is 6.37. The maximum atomic E-state index is 5.69. The molecule has 0 aliphatic carbocycles. The number of furan rings is 1. The molecule has 2 aromatic heterocycles. The van der Waals surface area contributed by atoms with E-state index in [2.05, 4.69) is 10.1 Å². The highest BCUT2D eigenvalue weighted by atomic mass is 16.5. The van der Waals surface area contributed by atoms with E-state index < -0.39 is 0 Å². The first kappa shape index (κ1) is 12.4. The minimum Gasteiger partial charge on any atom is -0.455 e. The van der Waals surface area contributed by atoms with Crippen LogP contribution in [-0.2, 0) is 11.3 Å². The Balaban J connectivity index is 1.76. The van der Waals surface area contributed by atoms with Gasteiger partial charge in [0.05, 0.1) is 13.2 Å². The summed E-state index contributed by atoms with van der Waals surface area (Å²) in [4.78, 5) is 6.43. The summed E-state index contributed by atoms with van der Waals surface area (Å²) in [7, 11) is 3.99. The number of ether oxygens (including phenoxy) is 1. The van der Waals surface area contributed by atoms with E-state index in [-0.39, 0.29) is 5.92 Å². The minimum absolute atomic E-state index is 0.244. The molecule has 1 aliphatic heterocycles. The molecule has 2 aromatic rings. The van der Waals surface area contributed by atoms with Gasteiger partial charge in [0.2, 0.25) is 0 Å².